The van der Waals surface area contributed by atoms with E-state index in [4.69, 9.17) is 4.74 Å². The Morgan fingerprint density at radius 3 is 2.44 bits per heavy atom. The number of likely N-dealkylation sites (tertiary alicyclic amines) is 1. The molecule has 0 saturated carbocycles. The maximum atomic E-state index is 13.4. The van der Waals surface area contributed by atoms with Gasteiger partial charge < -0.3 is 14.7 Å². The van der Waals surface area contributed by atoms with Crippen LogP contribution in [0.3, 0.4) is 0 Å². The van der Waals surface area contributed by atoms with Gasteiger partial charge in [-0.15, -0.1) is 0 Å². The molecule has 0 aromatic heterocycles. The van der Waals surface area contributed by atoms with Gasteiger partial charge in [0.25, 0.3) is 11.7 Å². The van der Waals surface area contributed by atoms with Crippen molar-refractivity contribution in [1.82, 2.24) is 4.90 Å². The molecule has 5 rings (SSSR count). The predicted molar refractivity (Wildman–Crippen MR) is 140 cm³/mol. The summed E-state index contributed by atoms with van der Waals surface area (Å²) in [7, 11) is 0. The first-order valence-corrected chi connectivity index (χ1v) is 12.6. The lowest BCUT2D eigenvalue weighted by atomic mass is 9.92. The second-order valence-electron chi connectivity index (χ2n) is 10.0. The van der Waals surface area contributed by atoms with Gasteiger partial charge >= 0.3 is 0 Å². The number of Topliss-reactive ketones (excluding diaryl/α,β-unsaturated/α-hetero) is 1. The Morgan fingerprint density at radius 2 is 1.75 bits per heavy atom. The molecule has 3 aromatic carbocycles. The van der Waals surface area contributed by atoms with E-state index in [1.54, 1.807) is 11.0 Å². The van der Waals surface area contributed by atoms with Crippen molar-refractivity contribution < 1.29 is 19.4 Å². The lowest BCUT2D eigenvalue weighted by molar-refractivity contribution is -0.139. The summed E-state index contributed by atoms with van der Waals surface area (Å²) >= 11 is 0. The predicted octanol–water partition coefficient (Wildman–Crippen LogP) is 5.80. The monoisotopic (exact) mass is 481 g/mol. The van der Waals surface area contributed by atoms with Gasteiger partial charge in [-0.2, -0.15) is 0 Å². The summed E-state index contributed by atoms with van der Waals surface area (Å²) in [5, 5.41) is 11.4. The molecule has 1 saturated heterocycles. The van der Waals surface area contributed by atoms with Crippen LogP contribution in [0.25, 0.3) is 5.76 Å². The number of ether oxygens (including phenoxy) is 1. The topological polar surface area (TPSA) is 66.8 Å². The van der Waals surface area contributed by atoms with Crippen molar-refractivity contribution in [1.29, 1.82) is 0 Å². The van der Waals surface area contributed by atoms with Gasteiger partial charge in [0.1, 0.15) is 17.6 Å². The Labute approximate surface area is 212 Å². The molecular formula is C31H31NO4. The Kier molecular flexibility index (Phi) is 6.40. The Hall–Kier alpha value is -3.86. The molecule has 2 atom stereocenters. The molecule has 2 aliphatic rings. The van der Waals surface area contributed by atoms with Crippen LogP contribution in [-0.2, 0) is 22.4 Å². The smallest absolute Gasteiger partial charge is 0.295 e. The first-order chi connectivity index (χ1) is 17.3. The molecule has 0 aliphatic carbocycles. The Bertz CT molecular complexity index is 1320. The maximum Gasteiger partial charge on any atom is 0.295 e. The number of carbonyl (C=O) groups excluding carboxylic acids is 2. The summed E-state index contributed by atoms with van der Waals surface area (Å²) in [6.07, 6.45) is 1.42. The summed E-state index contributed by atoms with van der Waals surface area (Å²) in [4.78, 5) is 28.2. The van der Waals surface area contributed by atoms with E-state index in [9.17, 15) is 14.7 Å². The van der Waals surface area contributed by atoms with Gasteiger partial charge in [0.15, 0.2) is 0 Å². The molecule has 3 aromatic rings. The number of aliphatic hydroxyl groups excluding tert-OH is 1. The number of hydrogen-bond donors (Lipinski definition) is 1. The van der Waals surface area contributed by atoms with Crippen LogP contribution in [0.4, 0.5) is 0 Å². The van der Waals surface area contributed by atoms with Gasteiger partial charge in [-0.25, -0.2) is 0 Å². The van der Waals surface area contributed by atoms with Crippen LogP contribution in [0.1, 0.15) is 60.5 Å². The number of rotatable bonds is 6. The minimum Gasteiger partial charge on any atom is -0.507 e. The molecule has 1 fully saturated rings. The highest BCUT2D eigenvalue weighted by Gasteiger charge is 2.46. The third-order valence-corrected chi connectivity index (χ3v) is 7.11. The number of amides is 1. The van der Waals surface area contributed by atoms with Crippen LogP contribution >= 0.6 is 0 Å². The van der Waals surface area contributed by atoms with E-state index in [0.717, 1.165) is 28.9 Å². The van der Waals surface area contributed by atoms with Gasteiger partial charge in [-0.1, -0.05) is 68.4 Å². The summed E-state index contributed by atoms with van der Waals surface area (Å²) in [5.41, 5.74) is 4.72. The number of ketones is 1. The normalized spacial score (nSPS) is 20.6. The standard InChI is InChI=1S/C31H31NO4/c1-19(2)22-9-11-23(12-10-22)28-27(29(33)24-13-14-26-25(18-24)17-20(3)36-26)30(34)31(35)32(28)16-15-21-7-5-4-6-8-21/h4-14,18-20,28,33H,15-17H2,1-3H3/b29-27+/t20-,28+/m0/s1. The maximum absolute atomic E-state index is 13.4. The fraction of sp³-hybridized carbons (Fsp3) is 0.290. The number of nitrogens with zero attached hydrogens (tertiary/aromatic N) is 1. The van der Waals surface area contributed by atoms with Gasteiger partial charge in [-0.05, 0) is 59.7 Å². The van der Waals surface area contributed by atoms with E-state index in [-0.39, 0.29) is 17.4 Å². The van der Waals surface area contributed by atoms with E-state index in [0.29, 0.717) is 24.4 Å². The van der Waals surface area contributed by atoms with Crippen molar-refractivity contribution in [3.63, 3.8) is 0 Å². The Balaban J connectivity index is 1.57. The fourth-order valence-corrected chi connectivity index (χ4v) is 5.14. The van der Waals surface area contributed by atoms with E-state index >= 15 is 0 Å². The molecule has 2 aliphatic heterocycles. The molecule has 0 radical (unpaired) electrons. The summed E-state index contributed by atoms with van der Waals surface area (Å²) in [6.45, 7) is 6.62. The third-order valence-electron chi connectivity index (χ3n) is 7.11. The minimum atomic E-state index is -0.654. The minimum absolute atomic E-state index is 0.0698. The van der Waals surface area contributed by atoms with Crippen molar-refractivity contribution in [2.45, 2.75) is 51.7 Å². The molecule has 0 bridgehead atoms. The van der Waals surface area contributed by atoms with Crippen molar-refractivity contribution in [3.05, 3.63) is 106 Å². The SMILES string of the molecule is CC(C)c1ccc([C@@H]2/C(=C(\O)c3ccc4c(c3)C[C@H](C)O4)C(=O)C(=O)N2CCc2ccccc2)cc1. The van der Waals surface area contributed by atoms with Crippen LogP contribution in [0.15, 0.2) is 78.4 Å². The molecule has 36 heavy (non-hydrogen) atoms. The van der Waals surface area contributed by atoms with Gasteiger partial charge in [0.2, 0.25) is 0 Å². The number of benzene rings is 3. The lowest BCUT2D eigenvalue weighted by Gasteiger charge is -2.26. The van der Waals surface area contributed by atoms with Crippen LogP contribution in [0.2, 0.25) is 0 Å². The zero-order valence-electron chi connectivity index (χ0n) is 20.9. The number of fused-ring (bicyclic) bond motifs is 1. The largest absolute Gasteiger partial charge is 0.507 e. The van der Waals surface area contributed by atoms with Crippen molar-refractivity contribution in [2.75, 3.05) is 6.54 Å². The summed E-state index contributed by atoms with van der Waals surface area (Å²) in [6, 6.07) is 22.7. The number of hydrogen-bond acceptors (Lipinski definition) is 4. The average molecular weight is 482 g/mol. The zero-order valence-corrected chi connectivity index (χ0v) is 20.9. The molecule has 1 N–H and O–H groups in total. The molecule has 5 heteroatoms. The quantitative estimate of drug-likeness (QED) is 0.275. The molecule has 5 nitrogen and oxygen atoms in total. The summed E-state index contributed by atoms with van der Waals surface area (Å²) < 4.78 is 5.79. The van der Waals surface area contributed by atoms with Gasteiger partial charge in [0, 0.05) is 18.5 Å². The molecule has 1 amide bonds. The highest BCUT2D eigenvalue weighted by atomic mass is 16.5. The van der Waals surface area contributed by atoms with Gasteiger partial charge in [0.05, 0.1) is 11.6 Å². The highest BCUT2D eigenvalue weighted by molar-refractivity contribution is 6.46. The van der Waals surface area contributed by atoms with Crippen LogP contribution in [0, 0.1) is 0 Å². The zero-order chi connectivity index (χ0) is 25.4. The van der Waals surface area contributed by atoms with E-state index in [2.05, 4.69) is 13.8 Å². The van der Waals surface area contributed by atoms with E-state index < -0.39 is 17.7 Å². The molecule has 2 heterocycles. The van der Waals surface area contributed by atoms with Crippen molar-refractivity contribution >= 4 is 17.4 Å². The lowest BCUT2D eigenvalue weighted by Crippen LogP contribution is -2.31. The highest BCUT2D eigenvalue weighted by Crippen LogP contribution is 2.41. The van der Waals surface area contributed by atoms with Crippen LogP contribution in [-0.4, -0.2) is 34.3 Å². The fourth-order valence-electron chi connectivity index (χ4n) is 5.14. The first-order valence-electron chi connectivity index (χ1n) is 12.6. The van der Waals surface area contributed by atoms with Crippen LogP contribution in [0.5, 0.6) is 5.75 Å². The number of aliphatic hydroxyl groups is 1. The molecule has 184 valence electrons. The van der Waals surface area contributed by atoms with Crippen molar-refractivity contribution in [3.8, 4) is 5.75 Å². The summed E-state index contributed by atoms with van der Waals surface area (Å²) in [5.74, 6) is -0.217. The van der Waals surface area contributed by atoms with Crippen molar-refractivity contribution in [2.24, 2.45) is 0 Å². The van der Waals surface area contributed by atoms with Gasteiger partial charge in [-0.3, -0.25) is 9.59 Å². The number of carbonyl (C=O) groups is 2. The Morgan fingerprint density at radius 1 is 1.03 bits per heavy atom. The van der Waals surface area contributed by atoms with Crippen LogP contribution < -0.4 is 4.74 Å². The van der Waals surface area contributed by atoms with E-state index in [1.807, 2.05) is 73.7 Å². The molecular weight excluding hydrogens is 450 g/mol. The third kappa shape index (κ3) is 4.41. The second kappa shape index (κ2) is 9.65. The molecule has 0 spiro atoms. The molecule has 0 unspecified atom stereocenters. The van der Waals surface area contributed by atoms with E-state index in [1.165, 1.54) is 5.56 Å². The second-order valence-corrected chi connectivity index (χ2v) is 10.0. The average Bonchev–Trinajstić information content (AvgIpc) is 3.38. The first kappa shape index (κ1) is 23.9.